The number of fused-ring (bicyclic) bond motifs is 1. The monoisotopic (exact) mass is 577 g/mol. The summed E-state index contributed by atoms with van der Waals surface area (Å²) in [5.74, 6) is 0.382. The van der Waals surface area contributed by atoms with Crippen molar-refractivity contribution < 1.29 is 19.1 Å². The van der Waals surface area contributed by atoms with Gasteiger partial charge in [-0.15, -0.1) is 0 Å². The Morgan fingerprint density at radius 2 is 1.79 bits per heavy atom. The lowest BCUT2D eigenvalue weighted by molar-refractivity contribution is 0.0754. The van der Waals surface area contributed by atoms with E-state index in [0.717, 1.165) is 68.8 Å². The van der Waals surface area contributed by atoms with Gasteiger partial charge < -0.3 is 24.8 Å². The number of pyridine rings is 1. The quantitative estimate of drug-likeness (QED) is 0.322. The molecule has 2 aromatic heterocycles. The van der Waals surface area contributed by atoms with Crippen LogP contribution in [0.2, 0.25) is 0 Å². The average Bonchev–Trinajstić information content (AvgIpc) is 3.36. The third-order valence-electron chi connectivity index (χ3n) is 9.66. The molecule has 42 heavy (non-hydrogen) atoms. The Morgan fingerprint density at radius 3 is 2.45 bits per heavy atom. The van der Waals surface area contributed by atoms with Crippen LogP contribution in [0.25, 0.3) is 16.6 Å². The Kier molecular flexibility index (Phi) is 9.16. The normalized spacial score (nSPS) is 22.9. The van der Waals surface area contributed by atoms with E-state index in [4.69, 9.17) is 5.11 Å². The van der Waals surface area contributed by atoms with Gasteiger partial charge in [0.15, 0.2) is 0 Å². The minimum atomic E-state index is -0.919. The average molecular weight is 578 g/mol. The van der Waals surface area contributed by atoms with Crippen molar-refractivity contribution in [3.63, 3.8) is 0 Å². The molecule has 0 atom stereocenters. The van der Waals surface area contributed by atoms with E-state index in [9.17, 15) is 14.0 Å². The number of amides is 2. The van der Waals surface area contributed by atoms with E-state index < -0.39 is 11.9 Å². The molecular weight excluding hydrogens is 533 g/mol. The smallest absolute Gasteiger partial charge is 0.404 e. The van der Waals surface area contributed by atoms with Gasteiger partial charge in [-0.1, -0.05) is 0 Å². The molecule has 2 aliphatic rings. The van der Waals surface area contributed by atoms with Crippen LogP contribution in [0.3, 0.4) is 0 Å². The van der Waals surface area contributed by atoms with Gasteiger partial charge in [-0.25, -0.2) is 9.18 Å². The van der Waals surface area contributed by atoms with Crippen molar-refractivity contribution in [2.24, 2.45) is 5.92 Å². The summed E-state index contributed by atoms with van der Waals surface area (Å²) in [5, 5.41) is 12.8. The zero-order valence-electron chi connectivity index (χ0n) is 25.2. The van der Waals surface area contributed by atoms with Crippen molar-refractivity contribution in [2.45, 2.75) is 89.3 Å². The first-order valence-corrected chi connectivity index (χ1v) is 15.3. The highest BCUT2D eigenvalue weighted by molar-refractivity contribution is 5.99. The van der Waals surface area contributed by atoms with E-state index in [0.29, 0.717) is 29.1 Å². The number of hydrogen-bond donors (Lipinski definition) is 2. The Labute approximate surface area is 247 Å². The van der Waals surface area contributed by atoms with Gasteiger partial charge in [-0.3, -0.25) is 9.78 Å². The number of nitrogens with zero attached hydrogens (tertiary/aromatic N) is 4. The molecule has 226 valence electrons. The standard InChI is InChI=1S/C33H44FN5O3/c1-21(2)38(4)32(40)28-17-24(34)9-14-30(28)39-20-29(27-15-16-35-18-31(27)39)23-7-12-26(13-8-23)37(3)19-22-5-10-25(11-6-22)36-33(41)42/h9,14-18,20-23,25-26,36H,5-8,10-13,19H2,1-4H3,(H,41,42)/t22-,23?,25-,26?. The number of aromatic nitrogens is 2. The van der Waals surface area contributed by atoms with Crippen molar-refractivity contribution in [1.82, 2.24) is 24.7 Å². The maximum atomic E-state index is 14.4. The molecular formula is C33H44FN5O3. The SMILES string of the molecule is CC(C)N(C)C(=O)c1cc(F)ccc1-n1cc(C2CCC(N(C)C[C@H]3CC[C@H](NC(=O)O)CC3)CC2)c2ccncc21. The second-order valence-corrected chi connectivity index (χ2v) is 12.6. The van der Waals surface area contributed by atoms with Gasteiger partial charge in [0, 0.05) is 49.5 Å². The van der Waals surface area contributed by atoms with E-state index in [1.807, 2.05) is 30.8 Å². The van der Waals surface area contributed by atoms with E-state index in [1.165, 1.54) is 17.7 Å². The van der Waals surface area contributed by atoms with E-state index in [-0.39, 0.29) is 18.0 Å². The van der Waals surface area contributed by atoms with Crippen LogP contribution in [-0.2, 0) is 0 Å². The highest BCUT2D eigenvalue weighted by Crippen LogP contribution is 2.40. The van der Waals surface area contributed by atoms with Crippen molar-refractivity contribution >= 4 is 22.9 Å². The van der Waals surface area contributed by atoms with Crippen LogP contribution in [0.5, 0.6) is 0 Å². The third-order valence-corrected chi connectivity index (χ3v) is 9.66. The molecule has 2 aliphatic carbocycles. The van der Waals surface area contributed by atoms with Gasteiger partial charge in [0.25, 0.3) is 5.91 Å². The van der Waals surface area contributed by atoms with Gasteiger partial charge in [0.2, 0.25) is 0 Å². The molecule has 0 radical (unpaired) electrons. The third kappa shape index (κ3) is 6.46. The van der Waals surface area contributed by atoms with Gasteiger partial charge in [0.05, 0.1) is 23.0 Å². The number of carbonyl (C=O) groups is 2. The number of carbonyl (C=O) groups excluding carboxylic acids is 1. The lowest BCUT2D eigenvalue weighted by Crippen LogP contribution is -2.41. The number of benzene rings is 1. The van der Waals surface area contributed by atoms with Crippen molar-refractivity contribution in [2.75, 3.05) is 20.6 Å². The first-order valence-electron chi connectivity index (χ1n) is 15.3. The first kappa shape index (κ1) is 30.0. The minimum absolute atomic E-state index is 0.00969. The molecule has 8 nitrogen and oxygen atoms in total. The predicted molar refractivity (Wildman–Crippen MR) is 163 cm³/mol. The van der Waals surface area contributed by atoms with Crippen LogP contribution in [0.15, 0.2) is 42.9 Å². The molecule has 2 saturated carbocycles. The number of nitrogens with one attached hydrogen (secondary N) is 1. The summed E-state index contributed by atoms with van der Waals surface area (Å²) in [4.78, 5) is 32.9. The highest BCUT2D eigenvalue weighted by Gasteiger charge is 2.30. The Balaban J connectivity index is 1.30. The molecule has 9 heteroatoms. The number of rotatable bonds is 8. The van der Waals surface area contributed by atoms with Crippen molar-refractivity contribution in [3.05, 3.63) is 59.8 Å². The van der Waals surface area contributed by atoms with Crippen LogP contribution < -0.4 is 5.32 Å². The summed E-state index contributed by atoms with van der Waals surface area (Å²) in [7, 11) is 3.99. The van der Waals surface area contributed by atoms with Crippen LogP contribution in [-0.4, -0.2) is 75.2 Å². The second-order valence-electron chi connectivity index (χ2n) is 12.6. The molecule has 2 fully saturated rings. The summed E-state index contributed by atoms with van der Waals surface area (Å²) < 4.78 is 16.4. The summed E-state index contributed by atoms with van der Waals surface area (Å²) in [5.41, 5.74) is 3.20. The Morgan fingerprint density at radius 1 is 1.07 bits per heavy atom. The van der Waals surface area contributed by atoms with Crippen LogP contribution >= 0.6 is 0 Å². The molecule has 0 saturated heterocycles. The summed E-state index contributed by atoms with van der Waals surface area (Å²) in [6, 6.07) is 7.14. The fourth-order valence-corrected chi connectivity index (χ4v) is 6.99. The number of halogens is 1. The van der Waals surface area contributed by atoms with Crippen molar-refractivity contribution in [3.8, 4) is 5.69 Å². The molecule has 5 rings (SSSR count). The fourth-order valence-electron chi connectivity index (χ4n) is 6.99. The van der Waals surface area contributed by atoms with Crippen LogP contribution in [0.1, 0.15) is 87.1 Å². The second kappa shape index (κ2) is 12.8. The lowest BCUT2D eigenvalue weighted by atomic mass is 9.80. The zero-order chi connectivity index (χ0) is 30.0. The maximum Gasteiger partial charge on any atom is 0.404 e. The summed E-state index contributed by atoms with van der Waals surface area (Å²) in [6.45, 7) is 4.95. The lowest BCUT2D eigenvalue weighted by Gasteiger charge is -2.38. The Bertz CT molecular complexity index is 1410. The molecule has 0 bridgehead atoms. The van der Waals surface area contributed by atoms with Crippen LogP contribution in [0, 0.1) is 11.7 Å². The van der Waals surface area contributed by atoms with Gasteiger partial charge in [0.1, 0.15) is 5.82 Å². The molecule has 0 unspecified atom stereocenters. The van der Waals surface area contributed by atoms with E-state index in [1.54, 1.807) is 18.0 Å². The zero-order valence-corrected chi connectivity index (χ0v) is 25.2. The number of hydrogen-bond acceptors (Lipinski definition) is 4. The fraction of sp³-hybridized carbons (Fsp3) is 0.545. The topological polar surface area (TPSA) is 90.7 Å². The van der Waals surface area contributed by atoms with Gasteiger partial charge in [-0.05, 0) is 114 Å². The molecule has 0 spiro atoms. The van der Waals surface area contributed by atoms with Crippen molar-refractivity contribution in [1.29, 1.82) is 0 Å². The Hall–Kier alpha value is -3.46. The van der Waals surface area contributed by atoms with E-state index in [2.05, 4.69) is 34.5 Å². The van der Waals surface area contributed by atoms with Gasteiger partial charge >= 0.3 is 6.09 Å². The number of carboxylic acid groups (broad SMARTS) is 1. The molecule has 1 aromatic carbocycles. The van der Waals surface area contributed by atoms with Crippen LogP contribution in [0.4, 0.5) is 9.18 Å². The maximum absolute atomic E-state index is 14.4. The first-order chi connectivity index (χ1) is 20.1. The largest absolute Gasteiger partial charge is 0.465 e. The van der Waals surface area contributed by atoms with E-state index >= 15 is 0 Å². The van der Waals surface area contributed by atoms with Gasteiger partial charge in [-0.2, -0.15) is 0 Å². The molecule has 2 amide bonds. The summed E-state index contributed by atoms with van der Waals surface area (Å²) >= 11 is 0. The highest BCUT2D eigenvalue weighted by atomic mass is 19.1. The molecule has 0 aliphatic heterocycles. The summed E-state index contributed by atoms with van der Waals surface area (Å²) in [6.07, 6.45) is 13.3. The molecule has 2 heterocycles. The minimum Gasteiger partial charge on any atom is -0.465 e. The molecule has 3 aromatic rings. The predicted octanol–water partition coefficient (Wildman–Crippen LogP) is 6.43. The molecule has 2 N–H and O–H groups in total.